The number of aromatic amines is 1. The van der Waals surface area contributed by atoms with Gasteiger partial charge in [0.2, 0.25) is 0 Å². The summed E-state index contributed by atoms with van der Waals surface area (Å²) in [7, 11) is 0. The van der Waals surface area contributed by atoms with Crippen LogP contribution in [0.25, 0.3) is 22.4 Å². The predicted molar refractivity (Wildman–Crippen MR) is 103 cm³/mol. The van der Waals surface area contributed by atoms with E-state index in [-0.39, 0.29) is 0 Å². The van der Waals surface area contributed by atoms with Gasteiger partial charge in [-0.25, -0.2) is 4.98 Å². The minimum absolute atomic E-state index is 0.773. The van der Waals surface area contributed by atoms with Crippen LogP contribution in [-0.2, 0) is 5.75 Å². The topological polar surface area (TPSA) is 28.7 Å². The average molecular weight is 351 g/mol. The Morgan fingerprint density at radius 1 is 0.875 bits per heavy atom. The molecule has 0 unspecified atom stereocenters. The number of hydrogen-bond acceptors (Lipinski definition) is 2. The third kappa shape index (κ3) is 3.32. The zero-order chi connectivity index (χ0) is 16.4. The van der Waals surface area contributed by atoms with Crippen molar-refractivity contribution < 1.29 is 0 Å². The highest BCUT2D eigenvalue weighted by Crippen LogP contribution is 2.26. The Morgan fingerprint density at radius 2 is 1.62 bits per heavy atom. The second kappa shape index (κ2) is 6.71. The van der Waals surface area contributed by atoms with Gasteiger partial charge in [0.15, 0.2) is 0 Å². The number of thioether (sulfide) groups is 1. The van der Waals surface area contributed by atoms with E-state index in [1.165, 1.54) is 10.5 Å². The van der Waals surface area contributed by atoms with Crippen LogP contribution in [0.15, 0.2) is 77.7 Å². The minimum atomic E-state index is 0.773. The molecule has 1 heterocycles. The van der Waals surface area contributed by atoms with E-state index < -0.39 is 0 Å². The Morgan fingerprint density at radius 3 is 2.38 bits per heavy atom. The van der Waals surface area contributed by atoms with Crippen molar-refractivity contribution in [3.8, 4) is 11.4 Å². The molecule has 0 saturated heterocycles. The molecule has 0 atom stereocenters. The number of nitrogens with one attached hydrogen (secondary N) is 1. The molecule has 4 rings (SSSR count). The number of fused-ring (bicyclic) bond motifs is 1. The fourth-order valence-corrected chi connectivity index (χ4v) is 3.53. The summed E-state index contributed by atoms with van der Waals surface area (Å²) in [5.41, 5.74) is 4.45. The molecule has 0 aliphatic heterocycles. The lowest BCUT2D eigenvalue weighted by atomic mass is 10.1. The zero-order valence-electron chi connectivity index (χ0n) is 12.9. The van der Waals surface area contributed by atoms with E-state index in [4.69, 9.17) is 11.6 Å². The highest BCUT2D eigenvalue weighted by Gasteiger charge is 2.05. The van der Waals surface area contributed by atoms with E-state index in [9.17, 15) is 0 Å². The number of para-hydroxylation sites is 2. The Kier molecular flexibility index (Phi) is 4.28. The number of H-pyrrole nitrogens is 1. The van der Waals surface area contributed by atoms with Crippen LogP contribution in [0.1, 0.15) is 5.56 Å². The van der Waals surface area contributed by atoms with Crippen molar-refractivity contribution in [2.24, 2.45) is 0 Å². The highest BCUT2D eigenvalue weighted by molar-refractivity contribution is 7.98. The number of imidazole rings is 1. The van der Waals surface area contributed by atoms with Gasteiger partial charge in [-0.3, -0.25) is 0 Å². The van der Waals surface area contributed by atoms with Gasteiger partial charge < -0.3 is 4.98 Å². The number of hydrogen-bond donors (Lipinski definition) is 1. The Hall–Kier alpha value is -2.23. The van der Waals surface area contributed by atoms with Crippen LogP contribution >= 0.6 is 23.4 Å². The maximum absolute atomic E-state index is 5.92. The van der Waals surface area contributed by atoms with Crippen molar-refractivity contribution in [1.82, 2.24) is 9.97 Å². The van der Waals surface area contributed by atoms with Crippen molar-refractivity contribution in [3.05, 3.63) is 83.4 Å². The molecule has 0 fully saturated rings. The third-order valence-electron chi connectivity index (χ3n) is 3.84. The molecule has 2 nitrogen and oxygen atoms in total. The van der Waals surface area contributed by atoms with Crippen LogP contribution in [0.4, 0.5) is 0 Å². The monoisotopic (exact) mass is 350 g/mol. The summed E-state index contributed by atoms with van der Waals surface area (Å²) in [4.78, 5) is 9.23. The number of aromatic nitrogens is 2. The smallest absolute Gasteiger partial charge is 0.138 e. The highest BCUT2D eigenvalue weighted by atomic mass is 35.5. The van der Waals surface area contributed by atoms with Crippen molar-refractivity contribution >= 4 is 34.4 Å². The van der Waals surface area contributed by atoms with Gasteiger partial charge in [-0.2, -0.15) is 0 Å². The SMILES string of the molecule is Clc1ccc(SCc2ccc(-c3nc4ccccc4[nH]3)cc2)cc1. The third-order valence-corrected chi connectivity index (χ3v) is 5.17. The molecule has 1 N–H and O–H groups in total. The van der Waals surface area contributed by atoms with Crippen molar-refractivity contribution in [2.75, 3.05) is 0 Å². The van der Waals surface area contributed by atoms with Crippen LogP contribution in [0, 0.1) is 0 Å². The molecule has 24 heavy (non-hydrogen) atoms. The van der Waals surface area contributed by atoms with Gasteiger partial charge in [0.25, 0.3) is 0 Å². The molecule has 0 aliphatic carbocycles. The summed E-state index contributed by atoms with van der Waals surface area (Å²) in [6.45, 7) is 0. The van der Waals surface area contributed by atoms with E-state index in [1.54, 1.807) is 11.8 Å². The largest absolute Gasteiger partial charge is 0.338 e. The fourth-order valence-electron chi connectivity index (χ4n) is 2.55. The average Bonchev–Trinajstić information content (AvgIpc) is 3.06. The first-order valence-corrected chi connectivity index (χ1v) is 9.07. The van der Waals surface area contributed by atoms with Gasteiger partial charge in [0, 0.05) is 21.2 Å². The first-order chi connectivity index (χ1) is 11.8. The van der Waals surface area contributed by atoms with Crippen LogP contribution < -0.4 is 0 Å². The van der Waals surface area contributed by atoms with Gasteiger partial charge in [-0.15, -0.1) is 11.8 Å². The van der Waals surface area contributed by atoms with Gasteiger partial charge in [-0.05, 0) is 42.0 Å². The summed E-state index contributed by atoms with van der Waals surface area (Å²) in [5, 5.41) is 0.773. The first-order valence-electron chi connectivity index (χ1n) is 7.70. The Labute approximate surface area is 149 Å². The predicted octanol–water partition coefficient (Wildman–Crippen LogP) is 6.18. The first kappa shape index (κ1) is 15.3. The molecule has 0 aliphatic rings. The molecule has 0 amide bonds. The van der Waals surface area contributed by atoms with E-state index in [0.717, 1.165) is 33.2 Å². The molecule has 0 bridgehead atoms. The normalized spacial score (nSPS) is 11.0. The van der Waals surface area contributed by atoms with E-state index in [2.05, 4.69) is 46.4 Å². The van der Waals surface area contributed by atoms with Crippen molar-refractivity contribution in [1.29, 1.82) is 0 Å². The van der Waals surface area contributed by atoms with Gasteiger partial charge in [0.05, 0.1) is 11.0 Å². The number of benzene rings is 3. The van der Waals surface area contributed by atoms with Gasteiger partial charge in [-0.1, -0.05) is 48.0 Å². The summed E-state index contributed by atoms with van der Waals surface area (Å²) in [6.07, 6.45) is 0. The van der Waals surface area contributed by atoms with E-state index in [1.807, 2.05) is 36.4 Å². The molecular formula is C20H15ClN2S. The maximum Gasteiger partial charge on any atom is 0.138 e. The van der Waals surface area contributed by atoms with Gasteiger partial charge in [0.1, 0.15) is 5.82 Å². The molecular weight excluding hydrogens is 336 g/mol. The summed E-state index contributed by atoms with van der Waals surface area (Å²) in [6, 6.07) is 24.6. The zero-order valence-corrected chi connectivity index (χ0v) is 14.4. The fraction of sp³-hybridized carbons (Fsp3) is 0.0500. The lowest BCUT2D eigenvalue weighted by Gasteiger charge is -2.03. The van der Waals surface area contributed by atoms with Crippen LogP contribution in [0.2, 0.25) is 5.02 Å². The van der Waals surface area contributed by atoms with E-state index >= 15 is 0 Å². The second-order valence-corrected chi connectivity index (χ2v) is 7.03. The van der Waals surface area contributed by atoms with E-state index in [0.29, 0.717) is 0 Å². The minimum Gasteiger partial charge on any atom is -0.338 e. The molecule has 4 aromatic rings. The second-order valence-electron chi connectivity index (χ2n) is 5.54. The van der Waals surface area contributed by atoms with Crippen LogP contribution in [0.3, 0.4) is 0 Å². The lowest BCUT2D eigenvalue weighted by molar-refractivity contribution is 1.32. The molecule has 4 heteroatoms. The molecule has 0 saturated carbocycles. The number of rotatable bonds is 4. The molecule has 1 aromatic heterocycles. The van der Waals surface area contributed by atoms with Crippen molar-refractivity contribution in [3.63, 3.8) is 0 Å². The molecule has 3 aromatic carbocycles. The summed E-state index contributed by atoms with van der Waals surface area (Å²) in [5.74, 6) is 1.84. The summed E-state index contributed by atoms with van der Waals surface area (Å²) >= 11 is 7.72. The Bertz CT molecular complexity index is 926. The number of nitrogens with zero attached hydrogens (tertiary/aromatic N) is 1. The van der Waals surface area contributed by atoms with Crippen LogP contribution in [-0.4, -0.2) is 9.97 Å². The van der Waals surface area contributed by atoms with Crippen molar-refractivity contribution in [2.45, 2.75) is 10.6 Å². The van der Waals surface area contributed by atoms with Crippen LogP contribution in [0.5, 0.6) is 0 Å². The maximum atomic E-state index is 5.92. The molecule has 0 spiro atoms. The number of halogens is 1. The molecule has 0 radical (unpaired) electrons. The van der Waals surface area contributed by atoms with Gasteiger partial charge >= 0.3 is 0 Å². The summed E-state index contributed by atoms with van der Waals surface area (Å²) < 4.78 is 0. The standard InChI is InChI=1S/C20H15ClN2S/c21-16-9-11-17(12-10-16)24-13-14-5-7-15(8-6-14)20-22-18-3-1-2-4-19(18)23-20/h1-12H,13H2,(H,22,23). The lowest BCUT2D eigenvalue weighted by Crippen LogP contribution is -1.84. The quantitative estimate of drug-likeness (QED) is 0.445. The Balaban J connectivity index is 1.48. The molecule has 118 valence electrons.